The van der Waals surface area contributed by atoms with Gasteiger partial charge in [-0.1, -0.05) is 52.9 Å². The van der Waals surface area contributed by atoms with Crippen molar-refractivity contribution < 1.29 is 19.0 Å². The van der Waals surface area contributed by atoms with Gasteiger partial charge in [-0.05, 0) is 48.0 Å². The Hall–Kier alpha value is -3.58. The number of para-hydroxylation sites is 1. The summed E-state index contributed by atoms with van der Waals surface area (Å²) in [5.74, 6) is 1.28. The van der Waals surface area contributed by atoms with Gasteiger partial charge in [0.1, 0.15) is 19.0 Å². The van der Waals surface area contributed by atoms with Crippen LogP contribution in [0.1, 0.15) is 21.5 Å². The Balaban J connectivity index is 1.63. The van der Waals surface area contributed by atoms with Crippen LogP contribution in [0.15, 0.2) is 89.0 Å². The number of nitrogens with one attached hydrogen (secondary N) is 1. The van der Waals surface area contributed by atoms with Gasteiger partial charge < -0.3 is 14.2 Å². The fourth-order valence-electron chi connectivity index (χ4n) is 2.76. The van der Waals surface area contributed by atoms with Crippen molar-refractivity contribution in [1.29, 1.82) is 0 Å². The van der Waals surface area contributed by atoms with E-state index in [1.165, 1.54) is 7.11 Å². The first kappa shape index (κ1) is 23.1. The molecule has 0 saturated heterocycles. The molecule has 0 spiro atoms. The van der Waals surface area contributed by atoms with Crippen LogP contribution in [0.25, 0.3) is 0 Å². The normalized spacial score (nSPS) is 10.6. The van der Waals surface area contributed by atoms with Gasteiger partial charge in [-0.15, -0.1) is 0 Å². The Labute approximate surface area is 195 Å². The van der Waals surface area contributed by atoms with Crippen LogP contribution in [0, 0.1) is 0 Å². The van der Waals surface area contributed by atoms with Gasteiger partial charge in [0.2, 0.25) is 0 Å². The summed E-state index contributed by atoms with van der Waals surface area (Å²) >= 11 is 3.42. The molecule has 0 aliphatic heterocycles. The summed E-state index contributed by atoms with van der Waals surface area (Å²) < 4.78 is 17.7. The van der Waals surface area contributed by atoms with E-state index in [0.717, 1.165) is 15.6 Å². The number of hydrazone groups is 1. The van der Waals surface area contributed by atoms with E-state index in [1.54, 1.807) is 30.5 Å². The van der Waals surface area contributed by atoms with E-state index in [9.17, 15) is 4.79 Å². The van der Waals surface area contributed by atoms with Crippen LogP contribution >= 0.6 is 15.9 Å². The average molecular weight is 495 g/mol. The zero-order valence-corrected chi connectivity index (χ0v) is 19.2. The molecule has 3 aromatic carbocycles. The molecular weight excluding hydrogens is 472 g/mol. The molecule has 3 rings (SSSR count). The summed E-state index contributed by atoms with van der Waals surface area (Å²) in [6.45, 7) is 4.38. The predicted molar refractivity (Wildman–Crippen MR) is 129 cm³/mol. The molecule has 0 fully saturated rings. The summed E-state index contributed by atoms with van der Waals surface area (Å²) in [4.78, 5) is 12.5. The number of halogens is 1. The third-order valence-electron chi connectivity index (χ3n) is 4.38. The van der Waals surface area contributed by atoms with Crippen molar-refractivity contribution in [3.63, 3.8) is 0 Å². The molecule has 32 heavy (non-hydrogen) atoms. The molecule has 3 aromatic rings. The van der Waals surface area contributed by atoms with E-state index in [4.69, 9.17) is 14.2 Å². The third kappa shape index (κ3) is 6.46. The highest BCUT2D eigenvalue weighted by Crippen LogP contribution is 2.28. The smallest absolute Gasteiger partial charge is 0.271 e. The van der Waals surface area contributed by atoms with Gasteiger partial charge in [-0.2, -0.15) is 5.10 Å². The number of methoxy groups -OCH3 is 1. The highest BCUT2D eigenvalue weighted by atomic mass is 79.9. The van der Waals surface area contributed by atoms with Crippen LogP contribution in [0.5, 0.6) is 17.2 Å². The Morgan fingerprint density at radius 2 is 1.81 bits per heavy atom. The van der Waals surface area contributed by atoms with Gasteiger partial charge in [-0.3, -0.25) is 4.79 Å². The summed E-state index contributed by atoms with van der Waals surface area (Å²) in [7, 11) is 1.52. The maximum Gasteiger partial charge on any atom is 0.271 e. The van der Waals surface area contributed by atoms with Crippen LogP contribution in [-0.4, -0.2) is 25.8 Å². The molecule has 0 saturated carbocycles. The summed E-state index contributed by atoms with van der Waals surface area (Å²) in [6.07, 6.45) is 3.18. The first-order valence-corrected chi connectivity index (χ1v) is 10.6. The fourth-order valence-corrected chi connectivity index (χ4v) is 3.03. The second-order valence-corrected chi connectivity index (χ2v) is 7.53. The van der Waals surface area contributed by atoms with Crippen LogP contribution in [0.2, 0.25) is 0 Å². The Morgan fingerprint density at radius 3 is 2.56 bits per heavy atom. The largest absolute Gasteiger partial charge is 0.493 e. The lowest BCUT2D eigenvalue weighted by molar-refractivity contribution is 0.0954. The molecule has 0 aliphatic rings. The van der Waals surface area contributed by atoms with Gasteiger partial charge in [0.25, 0.3) is 5.91 Å². The summed E-state index contributed by atoms with van der Waals surface area (Å²) in [5, 5.41) is 4.08. The molecule has 1 amide bonds. The standard InChI is InChI=1S/C25H23BrN2O4/c1-3-14-31-23-13-10-19(15-24(23)30-2)25(29)28-27-16-20-6-4-5-7-22(20)32-17-18-8-11-21(26)12-9-18/h3-13,15-16H,1,14,17H2,2H3,(H,28,29)/b27-16+. The van der Waals surface area contributed by atoms with E-state index >= 15 is 0 Å². The molecule has 0 aromatic heterocycles. The van der Waals surface area contributed by atoms with Gasteiger partial charge in [0, 0.05) is 15.6 Å². The molecule has 0 heterocycles. The molecule has 7 heteroatoms. The van der Waals surface area contributed by atoms with E-state index in [0.29, 0.717) is 36.0 Å². The predicted octanol–water partition coefficient (Wildman–Crippen LogP) is 5.37. The molecule has 6 nitrogen and oxygen atoms in total. The summed E-state index contributed by atoms with van der Waals surface area (Å²) in [6, 6.07) is 20.3. The number of carbonyl (C=O) groups is 1. The maximum atomic E-state index is 12.5. The SMILES string of the molecule is C=CCOc1ccc(C(=O)N/N=C/c2ccccc2OCc2ccc(Br)cc2)cc1OC. The monoisotopic (exact) mass is 494 g/mol. The quantitative estimate of drug-likeness (QED) is 0.234. The van der Waals surface area contributed by atoms with Crippen molar-refractivity contribution in [3.8, 4) is 17.2 Å². The van der Waals surface area contributed by atoms with Crippen molar-refractivity contribution in [2.24, 2.45) is 5.10 Å². The zero-order valence-electron chi connectivity index (χ0n) is 17.6. The minimum absolute atomic E-state index is 0.343. The minimum atomic E-state index is -0.372. The number of hydrogen-bond donors (Lipinski definition) is 1. The fraction of sp³-hybridized carbons (Fsp3) is 0.120. The molecule has 0 radical (unpaired) electrons. The van der Waals surface area contributed by atoms with Gasteiger partial charge >= 0.3 is 0 Å². The molecule has 1 N–H and O–H groups in total. The molecule has 0 bridgehead atoms. The number of rotatable bonds is 10. The number of nitrogens with zero attached hydrogens (tertiary/aromatic N) is 1. The van der Waals surface area contributed by atoms with Crippen LogP contribution in [-0.2, 0) is 6.61 Å². The lowest BCUT2D eigenvalue weighted by Crippen LogP contribution is -2.17. The van der Waals surface area contributed by atoms with E-state index < -0.39 is 0 Å². The Morgan fingerprint density at radius 1 is 1.03 bits per heavy atom. The zero-order chi connectivity index (χ0) is 22.8. The molecular formula is C25H23BrN2O4. The van der Waals surface area contributed by atoms with Gasteiger partial charge in [-0.25, -0.2) is 5.43 Å². The topological polar surface area (TPSA) is 69.2 Å². The minimum Gasteiger partial charge on any atom is -0.493 e. The number of benzene rings is 3. The highest BCUT2D eigenvalue weighted by molar-refractivity contribution is 9.10. The summed E-state index contributed by atoms with van der Waals surface area (Å²) in [5.41, 5.74) is 4.71. The van der Waals surface area contributed by atoms with Crippen LogP contribution < -0.4 is 19.6 Å². The number of amides is 1. The maximum absolute atomic E-state index is 12.5. The van der Waals surface area contributed by atoms with Crippen LogP contribution in [0.4, 0.5) is 0 Å². The molecule has 0 unspecified atom stereocenters. The second-order valence-electron chi connectivity index (χ2n) is 6.62. The highest BCUT2D eigenvalue weighted by Gasteiger charge is 2.11. The van der Waals surface area contributed by atoms with Crippen molar-refractivity contribution in [2.75, 3.05) is 13.7 Å². The Kier molecular flexibility index (Phi) is 8.45. The number of carbonyl (C=O) groups excluding carboxylic acids is 1. The molecule has 0 aliphatic carbocycles. The molecule has 0 atom stereocenters. The molecule has 164 valence electrons. The Bertz CT molecular complexity index is 1100. The van der Waals surface area contributed by atoms with E-state index in [2.05, 4.69) is 33.0 Å². The van der Waals surface area contributed by atoms with Crippen LogP contribution in [0.3, 0.4) is 0 Å². The van der Waals surface area contributed by atoms with Gasteiger partial charge in [0.05, 0.1) is 13.3 Å². The number of ether oxygens (including phenoxy) is 3. The first-order chi connectivity index (χ1) is 15.6. The average Bonchev–Trinajstić information content (AvgIpc) is 2.83. The number of hydrogen-bond acceptors (Lipinski definition) is 5. The lowest BCUT2D eigenvalue weighted by Gasteiger charge is -2.10. The van der Waals surface area contributed by atoms with Crippen molar-refractivity contribution >= 4 is 28.1 Å². The van der Waals surface area contributed by atoms with Crippen molar-refractivity contribution in [3.05, 3.63) is 101 Å². The second kappa shape index (κ2) is 11.7. The van der Waals surface area contributed by atoms with Crippen molar-refractivity contribution in [2.45, 2.75) is 6.61 Å². The van der Waals surface area contributed by atoms with Crippen molar-refractivity contribution in [1.82, 2.24) is 5.43 Å². The van der Waals surface area contributed by atoms with E-state index in [1.807, 2.05) is 48.5 Å². The van der Waals surface area contributed by atoms with E-state index in [-0.39, 0.29) is 5.91 Å². The third-order valence-corrected chi connectivity index (χ3v) is 4.91. The first-order valence-electron chi connectivity index (χ1n) is 9.82. The lowest BCUT2D eigenvalue weighted by atomic mass is 10.2. The van der Waals surface area contributed by atoms with Gasteiger partial charge in [0.15, 0.2) is 11.5 Å².